The second-order valence-electron chi connectivity index (χ2n) is 5.82. The van der Waals surface area contributed by atoms with E-state index in [1.165, 1.54) is 10.4 Å². The van der Waals surface area contributed by atoms with Crippen LogP contribution in [0.4, 0.5) is 0 Å². The van der Waals surface area contributed by atoms with Gasteiger partial charge in [-0.15, -0.1) is 23.1 Å². The quantitative estimate of drug-likeness (QED) is 0.586. The average molecular weight is 374 g/mol. The summed E-state index contributed by atoms with van der Waals surface area (Å²) in [5.41, 5.74) is 1.30. The number of thiophene rings is 1. The summed E-state index contributed by atoms with van der Waals surface area (Å²) in [5.74, 6) is 0.644. The highest BCUT2D eigenvalue weighted by Crippen LogP contribution is 2.33. The van der Waals surface area contributed by atoms with Gasteiger partial charge in [-0.05, 0) is 40.9 Å². The van der Waals surface area contributed by atoms with Crippen molar-refractivity contribution in [3.8, 4) is 0 Å². The van der Waals surface area contributed by atoms with E-state index in [-0.39, 0.29) is 5.91 Å². The van der Waals surface area contributed by atoms with E-state index in [0.29, 0.717) is 5.75 Å². The van der Waals surface area contributed by atoms with Crippen LogP contribution >= 0.6 is 34.7 Å². The number of carbonyl (C=O) groups is 1. The Kier molecular flexibility index (Phi) is 4.53. The number of fused-ring (bicyclic) bond motifs is 2. The maximum atomic E-state index is 12.6. The molecule has 0 N–H and O–H groups in total. The molecule has 1 amide bonds. The van der Waals surface area contributed by atoms with Crippen molar-refractivity contribution in [3.05, 3.63) is 63.3 Å². The largest absolute Gasteiger partial charge is 0.337 e. The lowest BCUT2D eigenvalue weighted by atomic mass is 10.1. The standard InChI is InChI=1S/C19H16ClNOS2/c20-15-5-1-3-13-4-2-6-17(19(13)15)24-12-18(22)21-9-7-16-14(11-21)8-10-23-16/h1-6,8,10H,7,9,11-12H2. The van der Waals surface area contributed by atoms with E-state index in [4.69, 9.17) is 11.6 Å². The minimum Gasteiger partial charge on any atom is -0.337 e. The second kappa shape index (κ2) is 6.79. The molecule has 0 atom stereocenters. The average Bonchev–Trinajstić information content (AvgIpc) is 3.07. The number of nitrogens with zero attached hydrogens (tertiary/aromatic N) is 1. The summed E-state index contributed by atoms with van der Waals surface area (Å²) in [6, 6.07) is 14.2. The molecule has 0 bridgehead atoms. The zero-order valence-electron chi connectivity index (χ0n) is 13.0. The van der Waals surface area contributed by atoms with Crippen molar-refractivity contribution in [1.29, 1.82) is 0 Å². The molecule has 4 rings (SSSR count). The van der Waals surface area contributed by atoms with Crippen LogP contribution in [0, 0.1) is 0 Å². The molecule has 0 saturated carbocycles. The van der Waals surface area contributed by atoms with Gasteiger partial charge in [-0.2, -0.15) is 0 Å². The van der Waals surface area contributed by atoms with Gasteiger partial charge in [0.05, 0.1) is 5.75 Å². The fraction of sp³-hybridized carbons (Fsp3) is 0.211. The van der Waals surface area contributed by atoms with Gasteiger partial charge in [-0.3, -0.25) is 4.79 Å². The third-order valence-electron chi connectivity index (χ3n) is 4.33. The van der Waals surface area contributed by atoms with Gasteiger partial charge in [0, 0.05) is 33.3 Å². The molecule has 0 fully saturated rings. The Morgan fingerprint density at radius 1 is 1.21 bits per heavy atom. The van der Waals surface area contributed by atoms with Crippen molar-refractivity contribution < 1.29 is 4.79 Å². The van der Waals surface area contributed by atoms with Crippen molar-refractivity contribution in [1.82, 2.24) is 4.90 Å². The van der Waals surface area contributed by atoms with Crippen molar-refractivity contribution in [2.24, 2.45) is 0 Å². The summed E-state index contributed by atoms with van der Waals surface area (Å²) in [4.78, 5) is 17.1. The van der Waals surface area contributed by atoms with Gasteiger partial charge >= 0.3 is 0 Å². The summed E-state index contributed by atoms with van der Waals surface area (Å²) in [6.07, 6.45) is 0.976. The third kappa shape index (κ3) is 3.06. The molecular formula is C19H16ClNOS2. The van der Waals surface area contributed by atoms with Gasteiger partial charge in [0.15, 0.2) is 0 Å². The van der Waals surface area contributed by atoms with E-state index in [1.807, 2.05) is 29.2 Å². The molecule has 1 aliphatic heterocycles. The summed E-state index contributed by atoms with van der Waals surface area (Å²) in [7, 11) is 0. The Bertz CT molecular complexity index is 900. The Hall–Kier alpha value is -1.49. The Balaban J connectivity index is 1.49. The minimum absolute atomic E-state index is 0.195. The van der Waals surface area contributed by atoms with Crippen LogP contribution in [-0.4, -0.2) is 23.1 Å². The Labute approximate surface area is 154 Å². The molecule has 5 heteroatoms. The highest BCUT2D eigenvalue weighted by Gasteiger charge is 2.21. The zero-order valence-corrected chi connectivity index (χ0v) is 15.4. The molecule has 1 aliphatic rings. The summed E-state index contributed by atoms with van der Waals surface area (Å²) in [5, 5.41) is 5.01. The number of carbonyl (C=O) groups excluding carboxylic acids is 1. The normalized spacial score (nSPS) is 14.0. The summed E-state index contributed by atoms with van der Waals surface area (Å²) in [6.45, 7) is 1.57. The summed E-state index contributed by atoms with van der Waals surface area (Å²) >= 11 is 9.73. The van der Waals surface area contributed by atoms with E-state index in [0.717, 1.165) is 40.2 Å². The van der Waals surface area contributed by atoms with Crippen LogP contribution in [-0.2, 0) is 17.8 Å². The van der Waals surface area contributed by atoms with Crippen LogP contribution in [0.25, 0.3) is 10.8 Å². The van der Waals surface area contributed by atoms with Gasteiger partial charge in [0.2, 0.25) is 5.91 Å². The van der Waals surface area contributed by atoms with E-state index >= 15 is 0 Å². The number of hydrogen-bond acceptors (Lipinski definition) is 3. The first-order valence-electron chi connectivity index (χ1n) is 7.85. The topological polar surface area (TPSA) is 20.3 Å². The fourth-order valence-corrected chi connectivity index (χ4v) is 5.31. The molecule has 2 heterocycles. The van der Waals surface area contributed by atoms with Crippen LogP contribution < -0.4 is 0 Å². The van der Waals surface area contributed by atoms with Crippen LogP contribution in [0.3, 0.4) is 0 Å². The molecule has 1 aromatic heterocycles. The lowest BCUT2D eigenvalue weighted by Crippen LogP contribution is -2.36. The number of thioether (sulfide) groups is 1. The molecule has 2 nitrogen and oxygen atoms in total. The van der Waals surface area contributed by atoms with Gasteiger partial charge in [0.1, 0.15) is 0 Å². The third-order valence-corrected chi connectivity index (χ3v) is 6.71. The minimum atomic E-state index is 0.195. The van der Waals surface area contributed by atoms with E-state index in [1.54, 1.807) is 23.1 Å². The maximum Gasteiger partial charge on any atom is 0.233 e. The van der Waals surface area contributed by atoms with Crippen LogP contribution in [0.5, 0.6) is 0 Å². The molecule has 0 aliphatic carbocycles. The molecule has 2 aromatic carbocycles. The van der Waals surface area contributed by atoms with E-state index < -0.39 is 0 Å². The number of amides is 1. The molecule has 122 valence electrons. The zero-order chi connectivity index (χ0) is 16.5. The molecule has 0 radical (unpaired) electrons. The predicted molar refractivity (Wildman–Crippen MR) is 103 cm³/mol. The molecule has 3 aromatic rings. The lowest BCUT2D eigenvalue weighted by Gasteiger charge is -2.27. The number of benzene rings is 2. The lowest BCUT2D eigenvalue weighted by molar-refractivity contribution is -0.129. The van der Waals surface area contributed by atoms with Crippen molar-refractivity contribution in [2.45, 2.75) is 17.9 Å². The molecular weight excluding hydrogens is 358 g/mol. The van der Waals surface area contributed by atoms with Crippen molar-refractivity contribution >= 4 is 51.4 Å². The number of rotatable bonds is 3. The SMILES string of the molecule is O=C(CSc1cccc2cccc(Cl)c12)N1CCc2sccc2C1. The highest BCUT2D eigenvalue weighted by atomic mass is 35.5. The van der Waals surface area contributed by atoms with Crippen molar-refractivity contribution in [2.75, 3.05) is 12.3 Å². The first kappa shape index (κ1) is 16.0. The predicted octanol–water partition coefficient (Wildman–Crippen LogP) is 5.23. The number of hydrogen-bond donors (Lipinski definition) is 0. The van der Waals surface area contributed by atoms with Gasteiger partial charge in [-0.1, -0.05) is 35.9 Å². The summed E-state index contributed by atoms with van der Waals surface area (Å²) < 4.78 is 0. The Morgan fingerprint density at radius 2 is 2.04 bits per heavy atom. The van der Waals surface area contributed by atoms with Gasteiger partial charge in [0.25, 0.3) is 0 Å². The monoisotopic (exact) mass is 373 g/mol. The first-order chi connectivity index (χ1) is 11.7. The molecule has 0 spiro atoms. The smallest absolute Gasteiger partial charge is 0.233 e. The second-order valence-corrected chi connectivity index (χ2v) is 8.24. The molecule has 24 heavy (non-hydrogen) atoms. The maximum absolute atomic E-state index is 12.6. The van der Waals surface area contributed by atoms with Crippen LogP contribution in [0.15, 0.2) is 52.7 Å². The number of halogens is 1. The van der Waals surface area contributed by atoms with E-state index in [2.05, 4.69) is 23.6 Å². The first-order valence-corrected chi connectivity index (χ1v) is 10.1. The van der Waals surface area contributed by atoms with E-state index in [9.17, 15) is 4.79 Å². The fourth-order valence-electron chi connectivity index (χ4n) is 3.07. The molecule has 0 saturated heterocycles. The molecule has 0 unspecified atom stereocenters. The van der Waals surface area contributed by atoms with Gasteiger partial charge < -0.3 is 4.90 Å². The van der Waals surface area contributed by atoms with Crippen molar-refractivity contribution in [3.63, 3.8) is 0 Å². The van der Waals surface area contributed by atoms with Gasteiger partial charge in [-0.25, -0.2) is 0 Å². The Morgan fingerprint density at radius 3 is 2.92 bits per heavy atom. The van der Waals surface area contributed by atoms with Crippen LogP contribution in [0.2, 0.25) is 5.02 Å². The highest BCUT2D eigenvalue weighted by molar-refractivity contribution is 8.00. The van der Waals surface area contributed by atoms with Crippen LogP contribution in [0.1, 0.15) is 10.4 Å².